The summed E-state index contributed by atoms with van der Waals surface area (Å²) < 4.78 is 6.04. The number of ether oxygens (including phenoxy) is 1. The van der Waals surface area contributed by atoms with Crippen LogP contribution in [0.2, 0.25) is 0 Å². The average molecular weight is 352 g/mol. The van der Waals surface area contributed by atoms with Crippen molar-refractivity contribution in [3.8, 4) is 5.75 Å². The molecule has 0 saturated heterocycles. The molecule has 1 N–H and O–H groups in total. The Morgan fingerprint density at radius 1 is 1.08 bits per heavy atom. The summed E-state index contributed by atoms with van der Waals surface area (Å²) in [6.45, 7) is 6.47. The highest BCUT2D eigenvalue weighted by molar-refractivity contribution is 5.92. The summed E-state index contributed by atoms with van der Waals surface area (Å²) in [5.74, 6) is 1.71. The van der Waals surface area contributed by atoms with Crippen LogP contribution in [0.3, 0.4) is 0 Å². The van der Waals surface area contributed by atoms with Gasteiger partial charge in [0.2, 0.25) is 5.91 Å². The molecule has 0 atom stereocenters. The van der Waals surface area contributed by atoms with Crippen molar-refractivity contribution in [3.63, 3.8) is 0 Å². The molecule has 0 radical (unpaired) electrons. The number of aromatic nitrogens is 1. The number of benzene rings is 1. The summed E-state index contributed by atoms with van der Waals surface area (Å²) in [7, 11) is 0. The molecule has 0 spiro atoms. The number of amides is 1. The maximum atomic E-state index is 12.6. The lowest BCUT2D eigenvalue weighted by molar-refractivity contribution is -0.120. The van der Waals surface area contributed by atoms with Gasteiger partial charge in [0.15, 0.2) is 0 Å². The normalized spacial score (nSPS) is 14.9. The minimum Gasteiger partial charge on any atom is -0.487 e. The largest absolute Gasteiger partial charge is 0.487 e. The second-order valence-electron chi connectivity index (χ2n) is 7.22. The van der Waals surface area contributed by atoms with Gasteiger partial charge < -0.3 is 10.1 Å². The number of pyridine rings is 1. The Kier molecular flexibility index (Phi) is 5.92. The van der Waals surface area contributed by atoms with E-state index < -0.39 is 0 Å². The number of rotatable bonds is 5. The van der Waals surface area contributed by atoms with Crippen LogP contribution in [0.4, 0.5) is 5.82 Å². The van der Waals surface area contributed by atoms with Crippen LogP contribution in [0, 0.1) is 26.7 Å². The van der Waals surface area contributed by atoms with E-state index in [0.717, 1.165) is 53.8 Å². The van der Waals surface area contributed by atoms with Gasteiger partial charge in [0.05, 0.1) is 5.69 Å². The molecule has 138 valence electrons. The number of nitrogens with one attached hydrogen (secondary N) is 1. The van der Waals surface area contributed by atoms with Crippen molar-refractivity contribution in [2.75, 3.05) is 5.32 Å². The number of hydrogen-bond donors (Lipinski definition) is 1. The zero-order valence-electron chi connectivity index (χ0n) is 16.0. The highest BCUT2D eigenvalue weighted by Crippen LogP contribution is 2.31. The highest BCUT2D eigenvalue weighted by Gasteiger charge is 2.23. The number of hydrogen-bond acceptors (Lipinski definition) is 3. The van der Waals surface area contributed by atoms with Gasteiger partial charge in [-0.15, -0.1) is 0 Å². The van der Waals surface area contributed by atoms with Crippen molar-refractivity contribution < 1.29 is 9.53 Å². The van der Waals surface area contributed by atoms with Gasteiger partial charge in [0.1, 0.15) is 18.2 Å². The fourth-order valence-electron chi connectivity index (χ4n) is 3.57. The first-order valence-electron chi connectivity index (χ1n) is 9.51. The number of carbonyl (C=O) groups excluding carboxylic acids is 1. The molecule has 1 aliphatic rings. The Morgan fingerprint density at radius 3 is 2.46 bits per heavy atom. The molecule has 2 aromatic rings. The molecule has 0 aliphatic heterocycles. The van der Waals surface area contributed by atoms with Gasteiger partial charge in [0.25, 0.3) is 0 Å². The van der Waals surface area contributed by atoms with Gasteiger partial charge >= 0.3 is 0 Å². The molecular formula is C22H28N2O2. The van der Waals surface area contributed by atoms with E-state index >= 15 is 0 Å². The Balaban J connectivity index is 1.73. The first kappa shape index (κ1) is 18.4. The molecule has 1 aliphatic carbocycles. The Hall–Kier alpha value is -2.36. The summed E-state index contributed by atoms with van der Waals surface area (Å²) in [4.78, 5) is 17.2. The molecule has 0 unspecified atom stereocenters. The van der Waals surface area contributed by atoms with Crippen LogP contribution >= 0.6 is 0 Å². The maximum Gasteiger partial charge on any atom is 0.228 e. The number of anilines is 1. The predicted octanol–water partition coefficient (Wildman–Crippen LogP) is 5.10. The maximum absolute atomic E-state index is 12.6. The second-order valence-corrected chi connectivity index (χ2v) is 7.22. The SMILES string of the molecule is Cc1nc(NC(=O)C2CCCCC2)c(C)c(C)c1OCc1ccccc1. The lowest BCUT2D eigenvalue weighted by atomic mass is 9.88. The molecule has 4 nitrogen and oxygen atoms in total. The topological polar surface area (TPSA) is 51.2 Å². The van der Waals surface area contributed by atoms with Crippen LogP contribution in [0.5, 0.6) is 5.75 Å². The molecule has 26 heavy (non-hydrogen) atoms. The van der Waals surface area contributed by atoms with Crippen LogP contribution in [-0.4, -0.2) is 10.9 Å². The fraction of sp³-hybridized carbons (Fsp3) is 0.455. The van der Waals surface area contributed by atoms with Crippen molar-refractivity contribution in [2.45, 2.75) is 59.5 Å². The molecular weight excluding hydrogens is 324 g/mol. The van der Waals surface area contributed by atoms with Gasteiger partial charge in [-0.05, 0) is 50.3 Å². The van der Waals surface area contributed by atoms with E-state index in [2.05, 4.69) is 10.3 Å². The molecule has 4 heteroatoms. The molecule has 0 bridgehead atoms. The Labute approximate surface area is 156 Å². The number of carbonyl (C=O) groups is 1. The zero-order chi connectivity index (χ0) is 18.5. The summed E-state index contributed by atoms with van der Waals surface area (Å²) in [5, 5.41) is 3.06. The standard InChI is InChI=1S/C22H28N2O2/c1-15-16(2)21(24-22(25)19-12-8-5-9-13-19)23-17(3)20(15)26-14-18-10-6-4-7-11-18/h4,6-7,10-11,19H,5,8-9,12-14H2,1-3H3,(H,23,24,25). The molecule has 1 amide bonds. The minimum absolute atomic E-state index is 0.108. The average Bonchev–Trinajstić information content (AvgIpc) is 2.67. The third kappa shape index (κ3) is 4.24. The van der Waals surface area contributed by atoms with E-state index in [4.69, 9.17) is 4.74 Å². The van der Waals surface area contributed by atoms with Gasteiger partial charge in [0, 0.05) is 5.92 Å². The highest BCUT2D eigenvalue weighted by atomic mass is 16.5. The van der Waals surface area contributed by atoms with Crippen LogP contribution in [0.25, 0.3) is 0 Å². The van der Waals surface area contributed by atoms with Crippen LogP contribution in [0.1, 0.15) is 54.5 Å². The molecule has 3 rings (SSSR count). The van der Waals surface area contributed by atoms with Crippen molar-refractivity contribution in [1.82, 2.24) is 4.98 Å². The quantitative estimate of drug-likeness (QED) is 0.814. The second kappa shape index (κ2) is 8.35. The van der Waals surface area contributed by atoms with Crippen LogP contribution in [-0.2, 0) is 11.4 Å². The van der Waals surface area contributed by atoms with Gasteiger partial charge in [-0.2, -0.15) is 0 Å². The first-order valence-corrected chi connectivity index (χ1v) is 9.51. The number of nitrogens with zero attached hydrogens (tertiary/aromatic N) is 1. The molecule has 1 saturated carbocycles. The minimum atomic E-state index is 0.108. The predicted molar refractivity (Wildman–Crippen MR) is 104 cm³/mol. The van der Waals surface area contributed by atoms with E-state index in [1.54, 1.807) is 0 Å². The Morgan fingerprint density at radius 2 is 1.77 bits per heavy atom. The van der Waals surface area contributed by atoms with Gasteiger partial charge in [-0.25, -0.2) is 4.98 Å². The molecule has 1 aromatic heterocycles. The summed E-state index contributed by atoms with van der Waals surface area (Å²) in [6, 6.07) is 10.1. The van der Waals surface area contributed by atoms with Gasteiger partial charge in [-0.1, -0.05) is 49.6 Å². The fourth-order valence-corrected chi connectivity index (χ4v) is 3.57. The smallest absolute Gasteiger partial charge is 0.228 e. The summed E-state index contributed by atoms with van der Waals surface area (Å²) >= 11 is 0. The van der Waals surface area contributed by atoms with Crippen molar-refractivity contribution in [2.24, 2.45) is 5.92 Å². The monoisotopic (exact) mass is 352 g/mol. The summed E-state index contributed by atoms with van der Waals surface area (Å²) in [5.41, 5.74) is 3.94. The van der Waals surface area contributed by atoms with Crippen molar-refractivity contribution in [3.05, 3.63) is 52.7 Å². The molecule has 1 fully saturated rings. The van der Waals surface area contributed by atoms with Crippen molar-refractivity contribution >= 4 is 11.7 Å². The Bertz CT molecular complexity index is 765. The van der Waals surface area contributed by atoms with Crippen molar-refractivity contribution in [1.29, 1.82) is 0 Å². The zero-order valence-corrected chi connectivity index (χ0v) is 16.0. The first-order chi connectivity index (χ1) is 12.6. The van der Waals surface area contributed by atoms with E-state index in [-0.39, 0.29) is 11.8 Å². The lowest BCUT2D eigenvalue weighted by Gasteiger charge is -2.22. The molecule has 1 heterocycles. The van der Waals surface area contributed by atoms with E-state index in [0.29, 0.717) is 12.4 Å². The van der Waals surface area contributed by atoms with Crippen LogP contribution < -0.4 is 10.1 Å². The third-order valence-corrected chi connectivity index (χ3v) is 5.31. The third-order valence-electron chi connectivity index (χ3n) is 5.31. The summed E-state index contributed by atoms with van der Waals surface area (Å²) in [6.07, 6.45) is 5.51. The van der Waals surface area contributed by atoms with E-state index in [1.807, 2.05) is 51.1 Å². The lowest BCUT2D eigenvalue weighted by Crippen LogP contribution is -2.26. The van der Waals surface area contributed by atoms with Crippen LogP contribution in [0.15, 0.2) is 30.3 Å². The van der Waals surface area contributed by atoms with E-state index in [1.165, 1.54) is 6.42 Å². The number of aryl methyl sites for hydroxylation is 1. The van der Waals surface area contributed by atoms with E-state index in [9.17, 15) is 4.79 Å². The van der Waals surface area contributed by atoms with Gasteiger partial charge in [-0.3, -0.25) is 4.79 Å². The molecule has 1 aromatic carbocycles.